The first-order valence-corrected chi connectivity index (χ1v) is 8.09. The van der Waals surface area contributed by atoms with Crippen LogP contribution in [0.1, 0.15) is 5.89 Å². The highest BCUT2D eigenvalue weighted by atomic mass is 79.9. The third-order valence-electron chi connectivity index (χ3n) is 3.25. The van der Waals surface area contributed by atoms with Gasteiger partial charge in [0.1, 0.15) is 11.0 Å². The van der Waals surface area contributed by atoms with E-state index in [1.54, 1.807) is 18.2 Å². The average molecular weight is 407 g/mol. The number of benzene rings is 2. The standard InChI is InChI=1S/C15H9BrClN5O2/c16-10-3-1-9(2-4-10)15-20-19-14(24-15)8-23-22-13-7-11(17)5-6-12(13)18-21-22/h1-7H,8H2. The highest BCUT2D eigenvalue weighted by Crippen LogP contribution is 2.21. The molecule has 0 amide bonds. The van der Waals surface area contributed by atoms with E-state index in [0.29, 0.717) is 27.8 Å². The Morgan fingerprint density at radius 1 is 1.08 bits per heavy atom. The first-order valence-electron chi connectivity index (χ1n) is 6.91. The van der Waals surface area contributed by atoms with Crippen LogP contribution in [0.2, 0.25) is 5.02 Å². The summed E-state index contributed by atoms with van der Waals surface area (Å²) in [7, 11) is 0. The predicted molar refractivity (Wildman–Crippen MR) is 90.3 cm³/mol. The van der Waals surface area contributed by atoms with Crippen molar-refractivity contribution in [2.75, 3.05) is 0 Å². The highest BCUT2D eigenvalue weighted by Gasteiger charge is 2.11. The zero-order valence-corrected chi connectivity index (χ0v) is 14.4. The van der Waals surface area contributed by atoms with Crippen molar-refractivity contribution in [1.82, 2.24) is 25.4 Å². The van der Waals surface area contributed by atoms with Crippen LogP contribution in [-0.2, 0) is 6.61 Å². The molecule has 2 heterocycles. The molecular formula is C15H9BrClN5O2. The van der Waals surface area contributed by atoms with Gasteiger partial charge in [-0.3, -0.25) is 0 Å². The van der Waals surface area contributed by atoms with Gasteiger partial charge in [-0.05, 0) is 47.7 Å². The predicted octanol–water partition coefficient (Wildman–Crippen LogP) is 3.53. The van der Waals surface area contributed by atoms with E-state index >= 15 is 0 Å². The molecule has 4 rings (SSSR count). The van der Waals surface area contributed by atoms with Crippen LogP contribution in [0.4, 0.5) is 0 Å². The topological polar surface area (TPSA) is 78.9 Å². The lowest BCUT2D eigenvalue weighted by Crippen LogP contribution is -2.13. The summed E-state index contributed by atoms with van der Waals surface area (Å²) in [4.78, 5) is 6.83. The van der Waals surface area contributed by atoms with Crippen molar-refractivity contribution >= 4 is 38.6 Å². The van der Waals surface area contributed by atoms with Crippen LogP contribution in [-0.4, -0.2) is 25.4 Å². The van der Waals surface area contributed by atoms with E-state index in [4.69, 9.17) is 20.9 Å². The average Bonchev–Trinajstić information content (AvgIpc) is 3.20. The Hall–Kier alpha value is -2.45. The maximum Gasteiger partial charge on any atom is 0.257 e. The summed E-state index contributed by atoms with van der Waals surface area (Å²) in [6.45, 7) is 0.0640. The third kappa shape index (κ3) is 2.98. The number of halogens is 2. The molecule has 0 radical (unpaired) electrons. The van der Waals surface area contributed by atoms with Gasteiger partial charge in [0.2, 0.25) is 5.89 Å². The number of fused-ring (bicyclic) bond motifs is 1. The second-order valence-electron chi connectivity index (χ2n) is 4.88. The Kier molecular flexibility index (Phi) is 3.91. The fourth-order valence-corrected chi connectivity index (χ4v) is 2.53. The van der Waals surface area contributed by atoms with Crippen LogP contribution >= 0.6 is 27.5 Å². The summed E-state index contributed by atoms with van der Waals surface area (Å²) >= 11 is 9.36. The fourth-order valence-electron chi connectivity index (χ4n) is 2.10. The lowest BCUT2D eigenvalue weighted by Gasteiger charge is -2.02. The lowest BCUT2D eigenvalue weighted by atomic mass is 10.2. The van der Waals surface area contributed by atoms with E-state index < -0.39 is 0 Å². The first-order chi connectivity index (χ1) is 11.7. The van der Waals surface area contributed by atoms with E-state index in [0.717, 1.165) is 10.0 Å². The van der Waals surface area contributed by atoms with Gasteiger partial charge in [-0.15, -0.1) is 15.3 Å². The third-order valence-corrected chi connectivity index (χ3v) is 4.01. The van der Waals surface area contributed by atoms with E-state index in [2.05, 4.69) is 36.4 Å². The molecule has 2 aromatic carbocycles. The summed E-state index contributed by atoms with van der Waals surface area (Å²) in [6.07, 6.45) is 0. The minimum Gasteiger partial charge on any atom is -0.417 e. The fraction of sp³-hybridized carbons (Fsp3) is 0.0667. The van der Waals surface area contributed by atoms with E-state index in [1.807, 2.05) is 24.3 Å². The molecule has 0 aliphatic rings. The number of rotatable bonds is 4. The maximum absolute atomic E-state index is 5.98. The number of aromatic nitrogens is 5. The number of nitrogens with zero attached hydrogens (tertiary/aromatic N) is 5. The van der Waals surface area contributed by atoms with Gasteiger partial charge in [0, 0.05) is 15.1 Å². The van der Waals surface area contributed by atoms with Gasteiger partial charge in [0.05, 0.1) is 0 Å². The molecule has 0 aliphatic carbocycles. The second-order valence-corrected chi connectivity index (χ2v) is 6.23. The van der Waals surface area contributed by atoms with Crippen LogP contribution in [0.25, 0.3) is 22.5 Å². The molecule has 0 saturated carbocycles. The van der Waals surface area contributed by atoms with Crippen molar-refractivity contribution in [1.29, 1.82) is 0 Å². The van der Waals surface area contributed by atoms with Crippen molar-refractivity contribution in [3.8, 4) is 11.5 Å². The molecule has 0 bridgehead atoms. The molecule has 120 valence electrons. The Morgan fingerprint density at radius 3 is 2.75 bits per heavy atom. The molecule has 2 aromatic heterocycles. The summed E-state index contributed by atoms with van der Waals surface area (Å²) in [5.74, 6) is 0.756. The van der Waals surface area contributed by atoms with Crippen molar-refractivity contribution in [2.24, 2.45) is 0 Å². The highest BCUT2D eigenvalue weighted by molar-refractivity contribution is 9.10. The summed E-state index contributed by atoms with van der Waals surface area (Å²) < 4.78 is 6.57. The molecule has 24 heavy (non-hydrogen) atoms. The first kappa shape index (κ1) is 15.1. The van der Waals surface area contributed by atoms with Crippen LogP contribution in [0.3, 0.4) is 0 Å². The Bertz CT molecular complexity index is 999. The maximum atomic E-state index is 5.98. The van der Waals surface area contributed by atoms with Gasteiger partial charge in [0.25, 0.3) is 5.89 Å². The van der Waals surface area contributed by atoms with Crippen molar-refractivity contribution in [3.63, 3.8) is 0 Å². The van der Waals surface area contributed by atoms with Gasteiger partial charge >= 0.3 is 0 Å². The molecule has 4 aromatic rings. The van der Waals surface area contributed by atoms with Crippen LogP contribution < -0.4 is 4.84 Å². The van der Waals surface area contributed by atoms with Gasteiger partial charge in [-0.25, -0.2) is 0 Å². The zero-order chi connectivity index (χ0) is 16.5. The Balaban J connectivity index is 1.51. The summed E-state index contributed by atoms with van der Waals surface area (Å²) in [5.41, 5.74) is 2.17. The monoisotopic (exact) mass is 405 g/mol. The Morgan fingerprint density at radius 2 is 1.92 bits per heavy atom. The second kappa shape index (κ2) is 6.21. The Labute approximate surface area is 149 Å². The van der Waals surface area contributed by atoms with Gasteiger partial charge in [0.15, 0.2) is 6.61 Å². The van der Waals surface area contributed by atoms with Gasteiger partial charge in [-0.1, -0.05) is 32.4 Å². The van der Waals surface area contributed by atoms with E-state index in [9.17, 15) is 0 Å². The molecule has 0 atom stereocenters. The minimum absolute atomic E-state index is 0.0640. The van der Waals surface area contributed by atoms with Crippen LogP contribution in [0.15, 0.2) is 51.4 Å². The van der Waals surface area contributed by atoms with Crippen molar-refractivity contribution in [2.45, 2.75) is 6.61 Å². The number of hydrogen-bond donors (Lipinski definition) is 0. The van der Waals surface area contributed by atoms with Crippen LogP contribution in [0, 0.1) is 0 Å². The van der Waals surface area contributed by atoms with Crippen molar-refractivity contribution < 1.29 is 9.25 Å². The molecule has 0 unspecified atom stereocenters. The molecular weight excluding hydrogens is 398 g/mol. The molecule has 0 fully saturated rings. The summed E-state index contributed by atoms with van der Waals surface area (Å²) in [5, 5.41) is 16.5. The SMILES string of the molecule is Clc1ccc2nnn(OCc3nnc(-c4ccc(Br)cc4)o3)c2c1. The summed E-state index contributed by atoms with van der Waals surface area (Å²) in [6, 6.07) is 12.8. The van der Waals surface area contributed by atoms with E-state index in [1.165, 1.54) is 4.85 Å². The van der Waals surface area contributed by atoms with Gasteiger partial charge in [-0.2, -0.15) is 0 Å². The lowest BCUT2D eigenvalue weighted by molar-refractivity contribution is 0.0618. The quantitative estimate of drug-likeness (QED) is 0.516. The number of hydrogen-bond acceptors (Lipinski definition) is 6. The smallest absolute Gasteiger partial charge is 0.257 e. The van der Waals surface area contributed by atoms with Crippen molar-refractivity contribution in [3.05, 3.63) is 57.9 Å². The minimum atomic E-state index is 0.0640. The molecule has 0 saturated heterocycles. The molecule has 9 heteroatoms. The van der Waals surface area contributed by atoms with Gasteiger partial charge < -0.3 is 9.25 Å². The van der Waals surface area contributed by atoms with Crippen LogP contribution in [0.5, 0.6) is 0 Å². The molecule has 0 N–H and O–H groups in total. The molecule has 0 spiro atoms. The molecule has 0 aliphatic heterocycles. The zero-order valence-electron chi connectivity index (χ0n) is 12.1. The largest absolute Gasteiger partial charge is 0.417 e. The van der Waals surface area contributed by atoms with E-state index in [-0.39, 0.29) is 6.61 Å². The normalized spacial score (nSPS) is 11.1. The molecule has 7 nitrogen and oxygen atoms in total.